The Bertz CT molecular complexity index is 285. The molecule has 0 aromatic rings. The molecule has 2 aliphatic carbocycles. The number of likely N-dealkylation sites (N-methyl/N-ethyl adjacent to an activating group) is 1. The van der Waals surface area contributed by atoms with Crippen molar-refractivity contribution >= 4 is 15.9 Å². The van der Waals surface area contributed by atoms with E-state index in [0.717, 1.165) is 17.7 Å². The maximum atomic E-state index is 3.50. The molecular weight excluding hydrogens is 250 g/mol. The molecule has 1 atom stereocenters. The fourth-order valence-corrected chi connectivity index (χ4v) is 3.08. The van der Waals surface area contributed by atoms with E-state index in [2.05, 4.69) is 53.2 Å². The van der Waals surface area contributed by atoms with E-state index >= 15 is 0 Å². The summed E-state index contributed by atoms with van der Waals surface area (Å²) in [5.74, 6) is 0.893. The van der Waals surface area contributed by atoms with Crippen LogP contribution in [0.15, 0.2) is 23.8 Å². The van der Waals surface area contributed by atoms with E-state index in [-0.39, 0.29) is 0 Å². The Kier molecular flexibility index (Phi) is 3.36. The number of alkyl halides is 1. The lowest BCUT2D eigenvalue weighted by Gasteiger charge is -2.38. The van der Waals surface area contributed by atoms with Crippen LogP contribution in [0.5, 0.6) is 0 Å². The van der Waals surface area contributed by atoms with Crippen LogP contribution in [0.2, 0.25) is 0 Å². The van der Waals surface area contributed by atoms with Gasteiger partial charge in [0.1, 0.15) is 0 Å². The Morgan fingerprint density at radius 2 is 2.27 bits per heavy atom. The summed E-state index contributed by atoms with van der Waals surface area (Å²) < 4.78 is 0. The Morgan fingerprint density at radius 3 is 2.80 bits per heavy atom. The van der Waals surface area contributed by atoms with Crippen molar-refractivity contribution in [1.29, 1.82) is 0 Å². The maximum Gasteiger partial charge on any atom is 0.0514 e. The maximum absolute atomic E-state index is 3.50. The number of halogens is 1. The summed E-state index contributed by atoms with van der Waals surface area (Å²) in [6.45, 7) is 0. The van der Waals surface area contributed by atoms with Gasteiger partial charge in [0.2, 0.25) is 0 Å². The third kappa shape index (κ3) is 1.94. The lowest BCUT2D eigenvalue weighted by atomic mass is 9.84. The molecule has 2 heteroatoms. The molecule has 0 aliphatic heterocycles. The van der Waals surface area contributed by atoms with Gasteiger partial charge in [-0.25, -0.2) is 0 Å². The number of nitrogens with zero attached hydrogens (tertiary/aromatic N) is 1. The molecule has 0 spiro atoms. The van der Waals surface area contributed by atoms with Crippen LogP contribution >= 0.6 is 15.9 Å². The fraction of sp³-hybridized carbons (Fsp3) is 0.692. The lowest BCUT2D eigenvalue weighted by molar-refractivity contribution is 0.177. The number of allylic oxidation sites excluding steroid dienone is 1. The standard InChI is InChI=1S/C13H20BrN/c1-15(2)13(12-7-8-12)9-3-5-11(13)6-4-10-14/h3,5-6,12H,4,7-10H2,1-2H3/b11-6+. The SMILES string of the molecule is CN(C)C1(C2CC2)CC=C/C1=C\CCBr. The second-order valence-electron chi connectivity index (χ2n) is 4.84. The number of hydrogen-bond donors (Lipinski definition) is 0. The van der Waals surface area contributed by atoms with E-state index in [4.69, 9.17) is 0 Å². The third-order valence-corrected chi connectivity index (χ3v) is 4.21. The highest BCUT2D eigenvalue weighted by atomic mass is 79.9. The number of rotatable bonds is 4. The van der Waals surface area contributed by atoms with Crippen LogP contribution in [0.3, 0.4) is 0 Å². The van der Waals surface area contributed by atoms with Crippen molar-refractivity contribution in [3.8, 4) is 0 Å². The van der Waals surface area contributed by atoms with Gasteiger partial charge in [-0.2, -0.15) is 0 Å². The lowest BCUT2D eigenvalue weighted by Crippen LogP contribution is -2.45. The highest BCUT2D eigenvalue weighted by Gasteiger charge is 2.49. The first-order valence-corrected chi connectivity index (χ1v) is 6.94. The van der Waals surface area contributed by atoms with Crippen molar-refractivity contribution in [2.75, 3.05) is 19.4 Å². The average Bonchev–Trinajstić information content (AvgIpc) is 2.96. The van der Waals surface area contributed by atoms with Crippen molar-refractivity contribution in [2.24, 2.45) is 5.92 Å². The molecule has 0 bridgehead atoms. The first-order valence-electron chi connectivity index (χ1n) is 5.82. The molecule has 0 heterocycles. The molecule has 0 radical (unpaired) electrons. The molecule has 0 amide bonds. The van der Waals surface area contributed by atoms with Gasteiger partial charge in [-0.15, -0.1) is 0 Å². The van der Waals surface area contributed by atoms with Crippen LogP contribution in [-0.2, 0) is 0 Å². The molecule has 1 unspecified atom stereocenters. The van der Waals surface area contributed by atoms with Gasteiger partial charge < -0.3 is 0 Å². The third-order valence-electron chi connectivity index (χ3n) is 3.75. The number of hydrogen-bond acceptors (Lipinski definition) is 1. The molecule has 2 aliphatic rings. The Balaban J connectivity index is 2.23. The van der Waals surface area contributed by atoms with Crippen LogP contribution in [0.25, 0.3) is 0 Å². The Labute approximate surface area is 101 Å². The average molecular weight is 270 g/mol. The summed E-state index contributed by atoms with van der Waals surface area (Å²) in [5.41, 5.74) is 1.89. The van der Waals surface area contributed by atoms with Crippen LogP contribution in [0, 0.1) is 5.92 Å². The van der Waals surface area contributed by atoms with E-state index in [1.54, 1.807) is 5.57 Å². The summed E-state index contributed by atoms with van der Waals surface area (Å²) >= 11 is 3.50. The van der Waals surface area contributed by atoms with Crippen molar-refractivity contribution in [3.05, 3.63) is 23.8 Å². The quantitative estimate of drug-likeness (QED) is 0.708. The highest BCUT2D eigenvalue weighted by molar-refractivity contribution is 9.09. The van der Waals surface area contributed by atoms with Crippen LogP contribution in [0.1, 0.15) is 25.7 Å². The zero-order chi connectivity index (χ0) is 10.9. The predicted octanol–water partition coefficient (Wildman–Crippen LogP) is 3.37. The van der Waals surface area contributed by atoms with Crippen molar-refractivity contribution in [3.63, 3.8) is 0 Å². The van der Waals surface area contributed by atoms with Gasteiger partial charge in [0.25, 0.3) is 0 Å². The van der Waals surface area contributed by atoms with E-state index in [9.17, 15) is 0 Å². The van der Waals surface area contributed by atoms with Gasteiger partial charge in [-0.3, -0.25) is 4.90 Å². The summed E-state index contributed by atoms with van der Waals surface area (Å²) in [6.07, 6.45) is 12.3. The fourth-order valence-electron chi connectivity index (χ4n) is 2.85. The van der Waals surface area contributed by atoms with E-state index < -0.39 is 0 Å². The Hall–Kier alpha value is -0.0800. The molecule has 1 saturated carbocycles. The normalized spacial score (nSPS) is 33.2. The first-order chi connectivity index (χ1) is 7.21. The molecule has 0 aromatic heterocycles. The predicted molar refractivity (Wildman–Crippen MR) is 69.4 cm³/mol. The monoisotopic (exact) mass is 269 g/mol. The second-order valence-corrected chi connectivity index (χ2v) is 5.63. The van der Waals surface area contributed by atoms with Gasteiger partial charge in [0.05, 0.1) is 5.54 Å². The van der Waals surface area contributed by atoms with Gasteiger partial charge in [0, 0.05) is 5.33 Å². The molecule has 0 aromatic carbocycles. The Morgan fingerprint density at radius 1 is 1.53 bits per heavy atom. The van der Waals surface area contributed by atoms with Gasteiger partial charge in [-0.1, -0.05) is 34.2 Å². The molecule has 0 saturated heterocycles. The van der Waals surface area contributed by atoms with Crippen molar-refractivity contribution < 1.29 is 0 Å². The van der Waals surface area contributed by atoms with Crippen LogP contribution < -0.4 is 0 Å². The van der Waals surface area contributed by atoms with Crippen LogP contribution in [-0.4, -0.2) is 29.9 Å². The van der Waals surface area contributed by atoms with Crippen molar-refractivity contribution in [1.82, 2.24) is 4.90 Å². The zero-order valence-corrected chi connectivity index (χ0v) is 11.3. The molecule has 1 nitrogen and oxygen atoms in total. The van der Waals surface area contributed by atoms with E-state index in [0.29, 0.717) is 5.54 Å². The minimum Gasteiger partial charge on any atom is -0.299 e. The molecule has 1 fully saturated rings. The molecular formula is C13H20BrN. The molecule has 0 N–H and O–H groups in total. The van der Waals surface area contributed by atoms with Gasteiger partial charge in [0.15, 0.2) is 0 Å². The summed E-state index contributed by atoms with van der Waals surface area (Å²) in [4.78, 5) is 2.44. The van der Waals surface area contributed by atoms with E-state index in [1.807, 2.05) is 0 Å². The van der Waals surface area contributed by atoms with E-state index in [1.165, 1.54) is 19.3 Å². The van der Waals surface area contributed by atoms with Gasteiger partial charge >= 0.3 is 0 Å². The summed E-state index contributed by atoms with van der Waals surface area (Å²) in [6, 6.07) is 0. The second kappa shape index (κ2) is 4.42. The zero-order valence-electron chi connectivity index (χ0n) is 9.67. The van der Waals surface area contributed by atoms with Crippen LogP contribution in [0.4, 0.5) is 0 Å². The largest absolute Gasteiger partial charge is 0.299 e. The summed E-state index contributed by atoms with van der Waals surface area (Å²) in [5, 5.41) is 1.07. The molecule has 15 heavy (non-hydrogen) atoms. The topological polar surface area (TPSA) is 3.24 Å². The minimum absolute atomic E-state index is 0.335. The van der Waals surface area contributed by atoms with Gasteiger partial charge in [-0.05, 0) is 51.3 Å². The minimum atomic E-state index is 0.335. The highest BCUT2D eigenvalue weighted by Crippen LogP contribution is 2.51. The first kappa shape index (κ1) is 11.4. The summed E-state index contributed by atoms with van der Waals surface area (Å²) in [7, 11) is 4.46. The molecule has 2 rings (SSSR count). The van der Waals surface area contributed by atoms with Crippen molar-refractivity contribution in [2.45, 2.75) is 31.2 Å². The smallest absolute Gasteiger partial charge is 0.0514 e. The molecule has 84 valence electrons.